The number of carboxylic acid groups (broad SMARTS) is 1. The summed E-state index contributed by atoms with van der Waals surface area (Å²) in [5.74, 6) is -1.72. The van der Waals surface area contributed by atoms with Crippen molar-refractivity contribution in [3.8, 4) is 6.07 Å². The van der Waals surface area contributed by atoms with E-state index in [-0.39, 0.29) is 17.3 Å². The maximum atomic E-state index is 13.0. The van der Waals surface area contributed by atoms with Crippen molar-refractivity contribution in [1.82, 2.24) is 4.90 Å². The van der Waals surface area contributed by atoms with Gasteiger partial charge in [0.1, 0.15) is 18.4 Å². The molecular weight excluding hydrogens is 277 g/mol. The molecule has 0 aliphatic rings. The van der Waals surface area contributed by atoms with Crippen LogP contribution in [-0.2, 0) is 4.79 Å². The van der Waals surface area contributed by atoms with Crippen LogP contribution in [-0.4, -0.2) is 34.6 Å². The minimum Gasteiger partial charge on any atom is -0.480 e. The molecular formula is C14H16FN3O3. The van der Waals surface area contributed by atoms with Gasteiger partial charge in [0, 0.05) is 6.04 Å². The predicted octanol–water partition coefficient (Wildman–Crippen LogP) is 2.41. The van der Waals surface area contributed by atoms with Crippen LogP contribution in [0, 0.1) is 17.1 Å². The third-order valence-electron chi connectivity index (χ3n) is 3.03. The molecule has 0 aromatic heterocycles. The molecule has 0 saturated carbocycles. The summed E-state index contributed by atoms with van der Waals surface area (Å²) in [5, 5.41) is 20.2. The molecule has 1 atom stereocenters. The number of nitrogens with one attached hydrogen (secondary N) is 1. The van der Waals surface area contributed by atoms with E-state index in [1.807, 2.05) is 6.92 Å². The van der Waals surface area contributed by atoms with E-state index in [1.54, 1.807) is 13.0 Å². The second-order valence-corrected chi connectivity index (χ2v) is 4.51. The van der Waals surface area contributed by atoms with Crippen LogP contribution in [0.3, 0.4) is 0 Å². The Morgan fingerprint density at radius 3 is 2.71 bits per heavy atom. The smallest absolute Gasteiger partial charge is 0.323 e. The molecule has 0 bridgehead atoms. The van der Waals surface area contributed by atoms with Gasteiger partial charge in [-0.3, -0.25) is 4.79 Å². The number of anilines is 1. The number of rotatable bonds is 5. The molecule has 1 aromatic carbocycles. The number of carbonyl (C=O) groups is 2. The highest BCUT2D eigenvalue weighted by Crippen LogP contribution is 2.17. The quantitative estimate of drug-likeness (QED) is 0.871. The topological polar surface area (TPSA) is 93.4 Å². The SMILES string of the molecule is CCC(C)N(CC(=O)O)C(=O)Nc1ccc(F)cc1C#N. The van der Waals surface area contributed by atoms with Gasteiger partial charge in [0.25, 0.3) is 0 Å². The molecule has 112 valence electrons. The Morgan fingerprint density at radius 1 is 1.52 bits per heavy atom. The fourth-order valence-electron chi connectivity index (χ4n) is 1.70. The molecule has 1 unspecified atom stereocenters. The van der Waals surface area contributed by atoms with E-state index in [9.17, 15) is 14.0 Å². The number of hydrogen-bond donors (Lipinski definition) is 2. The van der Waals surface area contributed by atoms with Crippen molar-refractivity contribution in [2.75, 3.05) is 11.9 Å². The van der Waals surface area contributed by atoms with Crippen LogP contribution in [0.4, 0.5) is 14.9 Å². The van der Waals surface area contributed by atoms with Gasteiger partial charge in [-0.1, -0.05) is 6.92 Å². The number of aliphatic carboxylic acids is 1. The van der Waals surface area contributed by atoms with Crippen molar-refractivity contribution < 1.29 is 19.1 Å². The maximum absolute atomic E-state index is 13.0. The molecule has 2 N–H and O–H groups in total. The Labute approximate surface area is 121 Å². The minimum absolute atomic E-state index is 0.0252. The van der Waals surface area contributed by atoms with Crippen molar-refractivity contribution in [3.05, 3.63) is 29.6 Å². The van der Waals surface area contributed by atoms with Gasteiger partial charge in [-0.25, -0.2) is 9.18 Å². The van der Waals surface area contributed by atoms with Crippen LogP contribution in [0.15, 0.2) is 18.2 Å². The third-order valence-corrected chi connectivity index (χ3v) is 3.03. The number of carboxylic acids is 1. The van der Waals surface area contributed by atoms with Gasteiger partial charge in [-0.15, -0.1) is 0 Å². The van der Waals surface area contributed by atoms with E-state index in [1.165, 1.54) is 6.07 Å². The van der Waals surface area contributed by atoms with E-state index >= 15 is 0 Å². The van der Waals surface area contributed by atoms with Crippen LogP contribution >= 0.6 is 0 Å². The largest absolute Gasteiger partial charge is 0.480 e. The molecule has 6 nitrogen and oxygen atoms in total. The lowest BCUT2D eigenvalue weighted by Gasteiger charge is -2.27. The molecule has 2 amide bonds. The van der Waals surface area contributed by atoms with Gasteiger partial charge < -0.3 is 15.3 Å². The fraction of sp³-hybridized carbons (Fsp3) is 0.357. The molecule has 0 aliphatic heterocycles. The Kier molecular flexibility index (Phi) is 5.67. The van der Waals surface area contributed by atoms with Gasteiger partial charge in [0.15, 0.2) is 0 Å². The molecule has 1 aromatic rings. The second kappa shape index (κ2) is 7.24. The Bertz CT molecular complexity index is 583. The average molecular weight is 293 g/mol. The fourth-order valence-corrected chi connectivity index (χ4v) is 1.70. The number of nitriles is 1. The predicted molar refractivity (Wildman–Crippen MR) is 74.2 cm³/mol. The van der Waals surface area contributed by atoms with E-state index in [0.717, 1.165) is 17.0 Å². The van der Waals surface area contributed by atoms with Crippen molar-refractivity contribution >= 4 is 17.7 Å². The summed E-state index contributed by atoms with van der Waals surface area (Å²) in [6, 6.07) is 4.22. The first-order valence-electron chi connectivity index (χ1n) is 6.38. The first-order valence-corrected chi connectivity index (χ1v) is 6.38. The van der Waals surface area contributed by atoms with E-state index in [4.69, 9.17) is 10.4 Å². The number of amides is 2. The molecule has 0 spiro atoms. The lowest BCUT2D eigenvalue weighted by molar-refractivity contribution is -0.138. The van der Waals surface area contributed by atoms with Crippen LogP contribution < -0.4 is 5.32 Å². The summed E-state index contributed by atoms with van der Waals surface area (Å²) >= 11 is 0. The summed E-state index contributed by atoms with van der Waals surface area (Å²) < 4.78 is 13.0. The monoisotopic (exact) mass is 293 g/mol. The van der Waals surface area contributed by atoms with Gasteiger partial charge in [0.05, 0.1) is 11.3 Å². The van der Waals surface area contributed by atoms with E-state index < -0.39 is 24.4 Å². The van der Waals surface area contributed by atoms with Gasteiger partial charge in [-0.05, 0) is 31.5 Å². The highest BCUT2D eigenvalue weighted by atomic mass is 19.1. The first-order chi connectivity index (χ1) is 9.88. The average Bonchev–Trinajstić information content (AvgIpc) is 2.45. The summed E-state index contributed by atoms with van der Waals surface area (Å²) in [6.07, 6.45) is 0.579. The molecule has 0 aliphatic carbocycles. The highest BCUT2D eigenvalue weighted by molar-refractivity contribution is 5.92. The number of nitrogens with zero attached hydrogens (tertiary/aromatic N) is 2. The molecule has 0 fully saturated rings. The van der Waals surface area contributed by atoms with Crippen molar-refractivity contribution in [2.45, 2.75) is 26.3 Å². The number of halogens is 1. The van der Waals surface area contributed by atoms with Gasteiger partial charge in [0.2, 0.25) is 0 Å². The zero-order valence-corrected chi connectivity index (χ0v) is 11.8. The Hall–Kier alpha value is -2.62. The molecule has 21 heavy (non-hydrogen) atoms. The number of benzene rings is 1. The Balaban J connectivity index is 2.96. The summed E-state index contributed by atoms with van der Waals surface area (Å²) in [5.41, 5.74) is 0.116. The zero-order valence-electron chi connectivity index (χ0n) is 11.8. The number of carbonyl (C=O) groups excluding carboxylic acids is 1. The summed E-state index contributed by atoms with van der Waals surface area (Å²) in [7, 11) is 0. The molecule has 7 heteroatoms. The molecule has 0 saturated heterocycles. The summed E-state index contributed by atoms with van der Waals surface area (Å²) in [6.45, 7) is 3.09. The van der Waals surface area contributed by atoms with Gasteiger partial charge >= 0.3 is 12.0 Å². The highest BCUT2D eigenvalue weighted by Gasteiger charge is 2.22. The number of urea groups is 1. The van der Waals surface area contributed by atoms with Crippen LogP contribution in [0.25, 0.3) is 0 Å². The van der Waals surface area contributed by atoms with Crippen molar-refractivity contribution in [2.24, 2.45) is 0 Å². The minimum atomic E-state index is -1.13. The van der Waals surface area contributed by atoms with Crippen LogP contribution in [0.5, 0.6) is 0 Å². The lowest BCUT2D eigenvalue weighted by atomic mass is 10.2. The standard InChI is InChI=1S/C14H16FN3O3/c1-3-9(2)18(8-13(19)20)14(21)17-12-5-4-11(15)6-10(12)7-16/h4-6,9H,3,8H2,1-2H3,(H,17,21)(H,19,20). The zero-order chi connectivity index (χ0) is 16.0. The normalized spacial score (nSPS) is 11.3. The Morgan fingerprint density at radius 2 is 2.19 bits per heavy atom. The number of hydrogen-bond acceptors (Lipinski definition) is 3. The molecule has 0 radical (unpaired) electrons. The lowest BCUT2D eigenvalue weighted by Crippen LogP contribution is -2.44. The van der Waals surface area contributed by atoms with Crippen molar-refractivity contribution in [1.29, 1.82) is 5.26 Å². The van der Waals surface area contributed by atoms with Crippen LogP contribution in [0.2, 0.25) is 0 Å². The molecule has 0 heterocycles. The summed E-state index contributed by atoms with van der Waals surface area (Å²) in [4.78, 5) is 24.1. The van der Waals surface area contributed by atoms with Gasteiger partial charge in [-0.2, -0.15) is 5.26 Å². The third kappa shape index (κ3) is 4.45. The van der Waals surface area contributed by atoms with Crippen molar-refractivity contribution in [3.63, 3.8) is 0 Å². The van der Waals surface area contributed by atoms with Crippen LogP contribution in [0.1, 0.15) is 25.8 Å². The second-order valence-electron chi connectivity index (χ2n) is 4.51. The van der Waals surface area contributed by atoms with E-state index in [2.05, 4.69) is 5.32 Å². The maximum Gasteiger partial charge on any atom is 0.323 e. The van der Waals surface area contributed by atoms with E-state index in [0.29, 0.717) is 6.42 Å². The first kappa shape index (κ1) is 16.4. The molecule has 1 rings (SSSR count).